The van der Waals surface area contributed by atoms with Crippen LogP contribution in [0.25, 0.3) is 33.9 Å². The highest BCUT2D eigenvalue weighted by atomic mass is 35.5. The fourth-order valence-corrected chi connectivity index (χ4v) is 3.95. The van der Waals surface area contributed by atoms with Crippen molar-refractivity contribution in [3.05, 3.63) is 83.2 Å². The van der Waals surface area contributed by atoms with Gasteiger partial charge in [-0.1, -0.05) is 17.7 Å². The molecule has 0 aliphatic heterocycles. The van der Waals surface area contributed by atoms with Gasteiger partial charge in [0.1, 0.15) is 5.75 Å². The predicted molar refractivity (Wildman–Crippen MR) is 127 cm³/mol. The van der Waals surface area contributed by atoms with Crippen LogP contribution >= 0.6 is 11.6 Å². The summed E-state index contributed by atoms with van der Waals surface area (Å²) in [6.07, 6.45) is 0.899. The van der Waals surface area contributed by atoms with Gasteiger partial charge in [-0.3, -0.25) is 9.78 Å². The fourth-order valence-electron chi connectivity index (χ4n) is 3.65. The summed E-state index contributed by atoms with van der Waals surface area (Å²) in [5.41, 5.74) is 2.28. The molecule has 173 valence electrons. The number of hydrogen-bond donors (Lipinski definition) is 0. The Hall–Kier alpha value is -3.58. The molecule has 0 aliphatic rings. The van der Waals surface area contributed by atoms with Gasteiger partial charge in [0, 0.05) is 22.8 Å². The van der Waals surface area contributed by atoms with Gasteiger partial charge in [0.05, 0.1) is 33.6 Å². The Bertz CT molecular complexity index is 1360. The first-order valence-corrected chi connectivity index (χ1v) is 10.8. The molecule has 0 saturated carbocycles. The average Bonchev–Trinajstić information content (AvgIpc) is 3.08. The number of fused-ring (bicyclic) bond motifs is 1. The van der Waals surface area contributed by atoms with Crippen LogP contribution in [0.2, 0.25) is 5.02 Å². The highest BCUT2D eigenvalue weighted by Crippen LogP contribution is 2.37. The lowest BCUT2D eigenvalue weighted by atomic mass is 10.1. The predicted octanol–water partition coefficient (Wildman–Crippen LogP) is 7.27. The van der Waals surface area contributed by atoms with Crippen LogP contribution in [0.3, 0.4) is 0 Å². The lowest BCUT2D eigenvalue weighted by molar-refractivity contribution is -0.137. The van der Waals surface area contributed by atoms with E-state index in [9.17, 15) is 18.0 Å². The van der Waals surface area contributed by atoms with E-state index in [1.54, 1.807) is 24.5 Å². The van der Waals surface area contributed by atoms with Crippen molar-refractivity contribution in [2.75, 3.05) is 0 Å². The Morgan fingerprint density at radius 2 is 1.82 bits per heavy atom. The van der Waals surface area contributed by atoms with Gasteiger partial charge in [0.15, 0.2) is 0 Å². The van der Waals surface area contributed by atoms with Crippen molar-refractivity contribution < 1.29 is 22.7 Å². The molecule has 0 aliphatic carbocycles. The monoisotopic (exact) mass is 483 g/mol. The first-order chi connectivity index (χ1) is 16.2. The molecule has 2 aromatic heterocycles. The van der Waals surface area contributed by atoms with Gasteiger partial charge < -0.3 is 9.30 Å². The smallest absolute Gasteiger partial charge is 0.417 e. The van der Waals surface area contributed by atoms with E-state index in [0.29, 0.717) is 27.4 Å². The third kappa shape index (κ3) is 4.70. The van der Waals surface area contributed by atoms with Crippen LogP contribution in [-0.2, 0) is 11.0 Å². The number of rotatable bonds is 6. The number of carbonyl (C=O) groups excluding carboxylic acids is 1. The van der Waals surface area contributed by atoms with E-state index in [4.69, 9.17) is 16.3 Å². The summed E-state index contributed by atoms with van der Waals surface area (Å²) in [6, 6.07) is 15.1. The molecule has 1 radical (unpaired) electrons. The van der Waals surface area contributed by atoms with Crippen molar-refractivity contribution in [3.8, 4) is 22.7 Å². The molecular weight excluding hydrogens is 465 g/mol. The summed E-state index contributed by atoms with van der Waals surface area (Å²) in [7, 11) is 0. The standard InChI is InChI=1S/C26H19ClF3N2O2/c1-16(2)34-20-9-7-19(8-10-20)32-23-12-5-17(14-21(23)25(27)24(32)4-3-13-33)22-11-6-18(15-31-22)26(28,29)30/h3-12,14-16H,1-2H3. The van der Waals surface area contributed by atoms with E-state index in [0.717, 1.165) is 29.2 Å². The number of pyridine rings is 1. The maximum atomic E-state index is 12.9. The average molecular weight is 484 g/mol. The van der Waals surface area contributed by atoms with Crippen LogP contribution in [0, 0.1) is 0 Å². The molecule has 0 bridgehead atoms. The molecule has 0 atom stereocenters. The SMILES string of the molecule is CC(C)Oc1ccc(-n2c(C=C[C]=O)c(Cl)c3cc(-c4ccc(C(F)(F)F)cn4)ccc32)cc1. The van der Waals surface area contributed by atoms with Crippen molar-refractivity contribution in [3.63, 3.8) is 0 Å². The first-order valence-electron chi connectivity index (χ1n) is 10.4. The zero-order chi connectivity index (χ0) is 24.5. The van der Waals surface area contributed by atoms with Crippen LogP contribution in [0.15, 0.2) is 66.9 Å². The summed E-state index contributed by atoms with van der Waals surface area (Å²) in [4.78, 5) is 14.8. The van der Waals surface area contributed by atoms with Gasteiger partial charge >= 0.3 is 6.18 Å². The molecule has 0 spiro atoms. The Morgan fingerprint density at radius 1 is 1.09 bits per heavy atom. The van der Waals surface area contributed by atoms with E-state index in [2.05, 4.69) is 4.98 Å². The number of alkyl halides is 3. The number of nitrogens with zero attached hydrogens (tertiary/aromatic N) is 2. The fraction of sp³-hybridized carbons (Fsp3) is 0.154. The molecule has 4 nitrogen and oxygen atoms in total. The van der Waals surface area contributed by atoms with E-state index in [1.807, 2.05) is 48.7 Å². The molecule has 8 heteroatoms. The zero-order valence-corrected chi connectivity index (χ0v) is 19.0. The second-order valence-electron chi connectivity index (χ2n) is 7.81. The van der Waals surface area contributed by atoms with Crippen LogP contribution in [0.5, 0.6) is 5.75 Å². The number of benzene rings is 2. The van der Waals surface area contributed by atoms with Crippen molar-refractivity contribution in [2.45, 2.75) is 26.1 Å². The Labute approximate surface area is 199 Å². The molecule has 4 rings (SSSR count). The van der Waals surface area contributed by atoms with Gasteiger partial charge in [0.2, 0.25) is 6.29 Å². The zero-order valence-electron chi connectivity index (χ0n) is 18.2. The second kappa shape index (κ2) is 9.35. The summed E-state index contributed by atoms with van der Waals surface area (Å²) in [5, 5.41) is 1.05. The van der Waals surface area contributed by atoms with E-state index >= 15 is 0 Å². The largest absolute Gasteiger partial charge is 0.491 e. The summed E-state index contributed by atoms with van der Waals surface area (Å²) < 4.78 is 46.2. The van der Waals surface area contributed by atoms with Crippen LogP contribution < -0.4 is 4.74 Å². The highest BCUT2D eigenvalue weighted by Gasteiger charge is 2.30. The Morgan fingerprint density at radius 3 is 2.41 bits per heavy atom. The van der Waals surface area contributed by atoms with Crippen LogP contribution in [-0.4, -0.2) is 21.9 Å². The molecule has 0 unspecified atom stereocenters. The Kier molecular flexibility index (Phi) is 6.48. The maximum absolute atomic E-state index is 12.9. The van der Waals surface area contributed by atoms with Gasteiger partial charge in [-0.2, -0.15) is 13.2 Å². The lowest BCUT2D eigenvalue weighted by Gasteiger charge is -2.12. The molecular formula is C26H19ClF3N2O2. The second-order valence-corrected chi connectivity index (χ2v) is 8.19. The molecule has 2 aromatic carbocycles. The van der Waals surface area contributed by atoms with Gasteiger partial charge in [-0.15, -0.1) is 0 Å². The van der Waals surface area contributed by atoms with E-state index < -0.39 is 11.7 Å². The number of ether oxygens (including phenoxy) is 1. The number of allylic oxidation sites excluding steroid dienone is 1. The van der Waals surface area contributed by atoms with Crippen LogP contribution in [0.4, 0.5) is 13.2 Å². The third-order valence-electron chi connectivity index (χ3n) is 5.10. The number of halogens is 4. The van der Waals surface area contributed by atoms with Crippen molar-refractivity contribution in [2.24, 2.45) is 0 Å². The van der Waals surface area contributed by atoms with Crippen molar-refractivity contribution in [1.29, 1.82) is 0 Å². The topological polar surface area (TPSA) is 44.1 Å². The minimum absolute atomic E-state index is 0.0338. The molecule has 0 fully saturated rings. The molecule has 0 saturated heterocycles. The van der Waals surface area contributed by atoms with Crippen LogP contribution in [0.1, 0.15) is 25.1 Å². The number of aromatic nitrogens is 2. The number of hydrogen-bond acceptors (Lipinski definition) is 3. The molecule has 0 amide bonds. The summed E-state index contributed by atoms with van der Waals surface area (Å²) in [6.45, 7) is 3.88. The van der Waals surface area contributed by atoms with Gasteiger partial charge in [-0.25, -0.2) is 0 Å². The normalized spacial score (nSPS) is 12.1. The highest BCUT2D eigenvalue weighted by molar-refractivity contribution is 6.37. The molecule has 2 heterocycles. The van der Waals surface area contributed by atoms with Crippen molar-refractivity contribution >= 4 is 34.9 Å². The van der Waals surface area contributed by atoms with E-state index in [-0.39, 0.29) is 6.10 Å². The van der Waals surface area contributed by atoms with Gasteiger partial charge in [0.25, 0.3) is 0 Å². The molecule has 34 heavy (non-hydrogen) atoms. The minimum atomic E-state index is -4.46. The summed E-state index contributed by atoms with van der Waals surface area (Å²) in [5.74, 6) is 0.718. The van der Waals surface area contributed by atoms with E-state index in [1.165, 1.54) is 12.1 Å². The lowest BCUT2D eigenvalue weighted by Crippen LogP contribution is -2.05. The quantitative estimate of drug-likeness (QED) is 0.271. The minimum Gasteiger partial charge on any atom is -0.491 e. The van der Waals surface area contributed by atoms with Gasteiger partial charge in [-0.05, 0) is 74.5 Å². The third-order valence-corrected chi connectivity index (χ3v) is 5.50. The molecule has 0 N–H and O–H groups in total. The van der Waals surface area contributed by atoms with Crippen molar-refractivity contribution in [1.82, 2.24) is 9.55 Å². The maximum Gasteiger partial charge on any atom is 0.417 e. The summed E-state index contributed by atoms with van der Waals surface area (Å²) >= 11 is 6.70. The first kappa shape index (κ1) is 23.6. The molecule has 4 aromatic rings. The Balaban J connectivity index is 1.83.